The zero-order valence-electron chi connectivity index (χ0n) is 14.5. The van der Waals surface area contributed by atoms with Crippen molar-refractivity contribution in [3.8, 4) is 6.07 Å². The number of carbonyl (C=O) groups excluding carboxylic acids is 2. The second-order valence-electron chi connectivity index (χ2n) is 5.72. The Hall–Kier alpha value is -3.17. The summed E-state index contributed by atoms with van der Waals surface area (Å²) in [5.41, 5.74) is 2.69. The van der Waals surface area contributed by atoms with E-state index in [2.05, 4.69) is 0 Å². The van der Waals surface area contributed by atoms with Crippen molar-refractivity contribution in [3.63, 3.8) is 0 Å². The fraction of sp³-hybridized carbons (Fsp3) is 0.250. The molecule has 0 radical (unpaired) electrons. The van der Waals surface area contributed by atoms with Crippen LogP contribution in [0.15, 0.2) is 48.5 Å². The molecule has 2 aromatic carbocycles. The van der Waals surface area contributed by atoms with Crippen LogP contribution in [0.4, 0.5) is 5.69 Å². The second-order valence-corrected chi connectivity index (χ2v) is 5.72. The average molecular weight is 352 g/mol. The van der Waals surface area contributed by atoms with Crippen molar-refractivity contribution in [1.82, 2.24) is 0 Å². The summed E-state index contributed by atoms with van der Waals surface area (Å²) in [6.07, 6.45) is 0.177. The quantitative estimate of drug-likeness (QED) is 0.774. The van der Waals surface area contributed by atoms with E-state index in [9.17, 15) is 9.59 Å². The lowest BCUT2D eigenvalue weighted by Gasteiger charge is -2.21. The summed E-state index contributed by atoms with van der Waals surface area (Å²) < 4.78 is 5.09. The third-order valence-electron chi connectivity index (χ3n) is 3.79. The highest BCUT2D eigenvalue weighted by Crippen LogP contribution is 2.16. The summed E-state index contributed by atoms with van der Waals surface area (Å²) in [6.45, 7) is 1.63. The molecule has 0 bridgehead atoms. The van der Waals surface area contributed by atoms with Crippen LogP contribution >= 0.6 is 0 Å². The van der Waals surface area contributed by atoms with Crippen molar-refractivity contribution in [2.75, 3.05) is 18.1 Å². The Morgan fingerprint density at radius 2 is 1.77 bits per heavy atom. The van der Waals surface area contributed by atoms with E-state index in [0.717, 1.165) is 5.56 Å². The van der Waals surface area contributed by atoms with Gasteiger partial charge in [0.25, 0.3) is 5.91 Å². The first-order chi connectivity index (χ1) is 12.5. The maximum Gasteiger partial charge on any atom is 0.338 e. The van der Waals surface area contributed by atoms with E-state index in [4.69, 9.17) is 15.1 Å². The number of nitrogens with zero attached hydrogens (tertiary/aromatic N) is 2. The zero-order valence-corrected chi connectivity index (χ0v) is 14.5. The van der Waals surface area contributed by atoms with Gasteiger partial charge in [0.1, 0.15) is 0 Å². The molecule has 134 valence electrons. The highest BCUT2D eigenvalue weighted by atomic mass is 16.5. The lowest BCUT2D eigenvalue weighted by molar-refractivity contribution is -0.121. The third kappa shape index (κ3) is 5.16. The molecule has 0 atom stereocenters. The molecule has 2 aromatic rings. The van der Waals surface area contributed by atoms with Crippen LogP contribution in [0.2, 0.25) is 0 Å². The fourth-order valence-electron chi connectivity index (χ4n) is 2.32. The largest absolute Gasteiger partial charge is 0.452 e. The van der Waals surface area contributed by atoms with Crippen molar-refractivity contribution < 1.29 is 19.4 Å². The molecule has 0 aliphatic rings. The Morgan fingerprint density at radius 3 is 2.35 bits per heavy atom. The van der Waals surface area contributed by atoms with Gasteiger partial charge in [-0.3, -0.25) is 4.79 Å². The standard InChI is InChI=1S/C20H20N2O4/c1-15-3-9-18(10-4-15)22(12-2-11-21)19(24)14-26-20(25)17-7-5-16(13-23)6-8-17/h3-10,23H,2,12-14H2,1H3. The molecule has 0 spiro atoms. The number of rotatable bonds is 7. The summed E-state index contributed by atoms with van der Waals surface area (Å²) in [4.78, 5) is 26.0. The minimum absolute atomic E-state index is 0.113. The maximum atomic E-state index is 12.5. The van der Waals surface area contributed by atoms with Crippen molar-refractivity contribution in [2.45, 2.75) is 20.0 Å². The first-order valence-electron chi connectivity index (χ1n) is 8.16. The number of hydrogen-bond acceptors (Lipinski definition) is 5. The molecular formula is C20H20N2O4. The van der Waals surface area contributed by atoms with Gasteiger partial charge in [-0.25, -0.2) is 4.79 Å². The van der Waals surface area contributed by atoms with Crippen molar-refractivity contribution in [2.24, 2.45) is 0 Å². The molecular weight excluding hydrogens is 332 g/mol. The molecule has 2 rings (SSSR count). The highest BCUT2D eigenvalue weighted by molar-refractivity contribution is 5.97. The van der Waals surface area contributed by atoms with Gasteiger partial charge < -0.3 is 14.7 Å². The van der Waals surface area contributed by atoms with Gasteiger partial charge in [0, 0.05) is 12.2 Å². The summed E-state index contributed by atoms with van der Waals surface area (Å²) in [5.74, 6) is -1.02. The first kappa shape index (κ1) is 19.2. The number of aryl methyl sites for hydroxylation is 1. The number of anilines is 1. The molecule has 6 nitrogen and oxygen atoms in total. The monoisotopic (exact) mass is 352 g/mol. The van der Waals surface area contributed by atoms with E-state index in [-0.39, 0.29) is 19.6 Å². The molecule has 26 heavy (non-hydrogen) atoms. The first-order valence-corrected chi connectivity index (χ1v) is 8.16. The van der Waals surface area contributed by atoms with E-state index in [1.54, 1.807) is 24.3 Å². The van der Waals surface area contributed by atoms with Crippen LogP contribution in [-0.4, -0.2) is 30.1 Å². The van der Waals surface area contributed by atoms with E-state index < -0.39 is 18.5 Å². The van der Waals surface area contributed by atoms with Crippen LogP contribution < -0.4 is 4.90 Å². The molecule has 1 amide bonds. The van der Waals surface area contributed by atoms with Gasteiger partial charge >= 0.3 is 5.97 Å². The Balaban J connectivity index is 2.02. The van der Waals surface area contributed by atoms with Gasteiger partial charge in [-0.1, -0.05) is 29.8 Å². The van der Waals surface area contributed by atoms with E-state index in [0.29, 0.717) is 16.8 Å². The third-order valence-corrected chi connectivity index (χ3v) is 3.79. The minimum Gasteiger partial charge on any atom is -0.452 e. The molecule has 6 heteroatoms. The van der Waals surface area contributed by atoms with E-state index >= 15 is 0 Å². The zero-order chi connectivity index (χ0) is 18.9. The lowest BCUT2D eigenvalue weighted by Crippen LogP contribution is -2.35. The Morgan fingerprint density at radius 1 is 1.12 bits per heavy atom. The fourth-order valence-corrected chi connectivity index (χ4v) is 2.32. The summed E-state index contributed by atoms with van der Waals surface area (Å²) in [7, 11) is 0. The van der Waals surface area contributed by atoms with Gasteiger partial charge in [0.15, 0.2) is 6.61 Å². The normalized spacial score (nSPS) is 10.0. The molecule has 0 aliphatic carbocycles. The summed E-state index contributed by atoms with van der Waals surface area (Å²) in [6, 6.07) is 15.6. The number of nitriles is 1. The highest BCUT2D eigenvalue weighted by Gasteiger charge is 2.18. The van der Waals surface area contributed by atoms with Crippen LogP contribution in [-0.2, 0) is 16.1 Å². The average Bonchev–Trinajstić information content (AvgIpc) is 2.67. The Bertz CT molecular complexity index is 792. The number of esters is 1. The van der Waals surface area contributed by atoms with Crippen molar-refractivity contribution in [1.29, 1.82) is 5.26 Å². The predicted octanol–water partition coefficient (Wildman–Crippen LogP) is 2.59. The van der Waals surface area contributed by atoms with Crippen LogP contribution in [0.5, 0.6) is 0 Å². The molecule has 0 fully saturated rings. The Labute approximate surface area is 152 Å². The van der Waals surface area contributed by atoms with Crippen molar-refractivity contribution in [3.05, 3.63) is 65.2 Å². The summed E-state index contributed by atoms with van der Waals surface area (Å²) >= 11 is 0. The lowest BCUT2D eigenvalue weighted by atomic mass is 10.1. The number of hydrogen-bond donors (Lipinski definition) is 1. The maximum absolute atomic E-state index is 12.5. The van der Waals surface area contributed by atoms with Crippen LogP contribution in [0.25, 0.3) is 0 Å². The number of aliphatic hydroxyl groups excluding tert-OH is 1. The molecule has 0 saturated carbocycles. The van der Waals surface area contributed by atoms with E-state index in [1.807, 2.05) is 25.1 Å². The number of ether oxygens (including phenoxy) is 1. The summed E-state index contributed by atoms with van der Waals surface area (Å²) in [5, 5.41) is 17.8. The second kappa shape index (κ2) is 9.35. The molecule has 0 aromatic heterocycles. The van der Waals surface area contributed by atoms with Crippen LogP contribution in [0, 0.1) is 18.3 Å². The SMILES string of the molecule is Cc1ccc(N(CCC#N)C(=O)COC(=O)c2ccc(CO)cc2)cc1. The van der Waals surface area contributed by atoms with Crippen LogP contribution in [0.3, 0.4) is 0 Å². The van der Waals surface area contributed by atoms with E-state index in [1.165, 1.54) is 17.0 Å². The van der Waals surface area contributed by atoms with Gasteiger partial charge in [-0.2, -0.15) is 5.26 Å². The van der Waals surface area contributed by atoms with Crippen molar-refractivity contribution >= 4 is 17.6 Å². The number of aliphatic hydroxyl groups is 1. The smallest absolute Gasteiger partial charge is 0.338 e. The molecule has 0 heterocycles. The number of benzene rings is 2. The molecule has 0 aliphatic heterocycles. The number of carbonyl (C=O) groups is 2. The molecule has 1 N–H and O–H groups in total. The predicted molar refractivity (Wildman–Crippen MR) is 96.4 cm³/mol. The molecule has 0 saturated heterocycles. The van der Waals surface area contributed by atoms with Crippen LogP contribution in [0.1, 0.15) is 27.9 Å². The minimum atomic E-state index is -0.619. The Kier molecular flexibility index (Phi) is 6.89. The topological polar surface area (TPSA) is 90.6 Å². The van der Waals surface area contributed by atoms with Gasteiger partial charge in [-0.05, 0) is 36.8 Å². The molecule has 0 unspecified atom stereocenters. The number of amides is 1. The van der Waals surface area contributed by atoms with Gasteiger partial charge in [-0.15, -0.1) is 0 Å². The van der Waals surface area contributed by atoms with Gasteiger partial charge in [0.2, 0.25) is 0 Å². The van der Waals surface area contributed by atoms with Gasteiger partial charge in [0.05, 0.1) is 24.7 Å².